The summed E-state index contributed by atoms with van der Waals surface area (Å²) in [4.78, 5) is 4.01. The predicted octanol–water partition coefficient (Wildman–Crippen LogP) is 4.42. The smallest absolute Gasteiger partial charge is 0.242 e. The molecule has 4 rings (SSSR count). The minimum atomic E-state index is -4.17. The summed E-state index contributed by atoms with van der Waals surface area (Å²) in [5, 5.41) is 10.5. The number of aromatic nitrogens is 2. The van der Waals surface area contributed by atoms with Crippen molar-refractivity contribution in [1.82, 2.24) is 14.3 Å². The number of rotatable bonds is 7. The van der Waals surface area contributed by atoms with Crippen LogP contribution in [0, 0.1) is 17.1 Å². The molecule has 1 aliphatic carbocycles. The number of pyridine rings is 1. The number of nitriles is 1. The molecule has 1 aliphatic rings. The van der Waals surface area contributed by atoms with Crippen molar-refractivity contribution in [3.8, 4) is 17.5 Å². The van der Waals surface area contributed by atoms with Gasteiger partial charge in [0.25, 0.3) is 0 Å². The van der Waals surface area contributed by atoms with Crippen LogP contribution in [0.4, 0.5) is 13.2 Å². The Morgan fingerprint density at radius 3 is 2.50 bits per heavy atom. The van der Waals surface area contributed by atoms with Crippen LogP contribution in [0.2, 0.25) is 0 Å². The van der Waals surface area contributed by atoms with Crippen molar-refractivity contribution in [3.63, 3.8) is 0 Å². The van der Waals surface area contributed by atoms with Crippen molar-refractivity contribution < 1.29 is 21.6 Å². The molecule has 1 N–H and O–H groups in total. The molecule has 0 radical (unpaired) electrons. The van der Waals surface area contributed by atoms with E-state index in [1.165, 1.54) is 24.3 Å². The van der Waals surface area contributed by atoms with Gasteiger partial charge in [-0.15, -0.1) is 0 Å². The standard InChI is InChI=1S/C22H21F3N4O2S/c23-10-15(11-24)28-32(30,31)17-6-8-20(27-13-17)22-19(12-26)18-7-5-14(25)9-21(18)29(22)16-3-1-2-4-16/h5-9,13,15-16,28H,1-4,10-11H2. The van der Waals surface area contributed by atoms with Crippen LogP contribution >= 0.6 is 0 Å². The maximum absolute atomic E-state index is 14.1. The van der Waals surface area contributed by atoms with Crippen LogP contribution in [-0.4, -0.2) is 37.4 Å². The third-order valence-corrected chi connectivity index (χ3v) is 7.26. The number of sulfonamides is 1. The van der Waals surface area contributed by atoms with Gasteiger partial charge in [0.1, 0.15) is 30.1 Å². The number of halogens is 3. The number of fused-ring (bicyclic) bond motifs is 1. The first kappa shape index (κ1) is 22.3. The van der Waals surface area contributed by atoms with E-state index in [4.69, 9.17) is 0 Å². The van der Waals surface area contributed by atoms with Gasteiger partial charge < -0.3 is 4.57 Å². The van der Waals surface area contributed by atoms with E-state index >= 15 is 0 Å². The first-order valence-corrected chi connectivity index (χ1v) is 11.7. The van der Waals surface area contributed by atoms with E-state index in [1.54, 1.807) is 6.07 Å². The van der Waals surface area contributed by atoms with E-state index in [2.05, 4.69) is 11.1 Å². The fourth-order valence-electron chi connectivity index (χ4n) is 4.26. The highest BCUT2D eigenvalue weighted by molar-refractivity contribution is 7.89. The highest BCUT2D eigenvalue weighted by Crippen LogP contribution is 2.41. The molecule has 1 fully saturated rings. The van der Waals surface area contributed by atoms with Crippen molar-refractivity contribution >= 4 is 20.9 Å². The van der Waals surface area contributed by atoms with Crippen LogP contribution in [0.25, 0.3) is 22.3 Å². The van der Waals surface area contributed by atoms with Crippen molar-refractivity contribution in [1.29, 1.82) is 5.26 Å². The molecule has 10 heteroatoms. The van der Waals surface area contributed by atoms with Crippen LogP contribution in [0.1, 0.15) is 37.3 Å². The molecule has 2 aromatic heterocycles. The van der Waals surface area contributed by atoms with Gasteiger partial charge in [0.05, 0.1) is 28.5 Å². The molecule has 32 heavy (non-hydrogen) atoms. The molecular formula is C22H21F3N4O2S. The number of alkyl halides is 2. The number of hydrogen-bond acceptors (Lipinski definition) is 4. The third-order valence-electron chi connectivity index (χ3n) is 5.75. The van der Waals surface area contributed by atoms with E-state index in [1.807, 2.05) is 9.29 Å². The number of nitrogens with one attached hydrogen (secondary N) is 1. The van der Waals surface area contributed by atoms with Gasteiger partial charge in [0.15, 0.2) is 0 Å². The lowest BCUT2D eigenvalue weighted by molar-refractivity contribution is 0.334. The minimum absolute atomic E-state index is 0.0677. The van der Waals surface area contributed by atoms with Crippen molar-refractivity contribution in [2.24, 2.45) is 0 Å². The topological polar surface area (TPSA) is 87.8 Å². The van der Waals surface area contributed by atoms with E-state index < -0.39 is 35.2 Å². The molecule has 1 aromatic carbocycles. The maximum atomic E-state index is 14.1. The number of nitrogens with zero attached hydrogens (tertiary/aromatic N) is 3. The van der Waals surface area contributed by atoms with Gasteiger partial charge in [-0.2, -0.15) is 5.26 Å². The fourth-order valence-corrected chi connectivity index (χ4v) is 5.40. The molecule has 0 saturated heterocycles. The molecule has 2 heterocycles. The quantitative estimate of drug-likeness (QED) is 0.563. The van der Waals surface area contributed by atoms with Gasteiger partial charge in [0, 0.05) is 17.6 Å². The Hall–Kier alpha value is -2.90. The molecule has 0 aliphatic heterocycles. The summed E-state index contributed by atoms with van der Waals surface area (Å²) in [6, 6.07) is 7.77. The van der Waals surface area contributed by atoms with E-state index in [9.17, 15) is 26.9 Å². The lowest BCUT2D eigenvalue weighted by Gasteiger charge is -2.18. The average Bonchev–Trinajstić information content (AvgIpc) is 3.42. The Morgan fingerprint density at radius 2 is 1.91 bits per heavy atom. The first-order chi connectivity index (χ1) is 15.4. The SMILES string of the molecule is N#Cc1c(-c2ccc(S(=O)(=O)NC(CF)CF)cn2)n(C2CCCC2)c2cc(F)ccc12. The zero-order chi connectivity index (χ0) is 22.9. The summed E-state index contributed by atoms with van der Waals surface area (Å²) < 4.78 is 68.3. The van der Waals surface area contributed by atoms with Gasteiger partial charge in [-0.25, -0.2) is 26.3 Å². The second-order valence-corrected chi connectivity index (χ2v) is 9.53. The molecule has 0 bridgehead atoms. The summed E-state index contributed by atoms with van der Waals surface area (Å²) in [7, 11) is -4.17. The van der Waals surface area contributed by atoms with Crippen molar-refractivity contribution in [3.05, 3.63) is 47.9 Å². The number of hydrogen-bond donors (Lipinski definition) is 1. The highest BCUT2D eigenvalue weighted by atomic mass is 32.2. The van der Waals surface area contributed by atoms with Gasteiger partial charge in [0.2, 0.25) is 10.0 Å². The summed E-state index contributed by atoms with van der Waals surface area (Å²) in [5.74, 6) is -0.416. The maximum Gasteiger partial charge on any atom is 0.242 e. The van der Waals surface area contributed by atoms with Crippen LogP contribution in [0.15, 0.2) is 41.4 Å². The predicted molar refractivity (Wildman–Crippen MR) is 113 cm³/mol. The van der Waals surface area contributed by atoms with Crippen LogP contribution in [-0.2, 0) is 10.0 Å². The normalized spacial score (nSPS) is 15.0. The second-order valence-electron chi connectivity index (χ2n) is 7.81. The summed E-state index contributed by atoms with van der Waals surface area (Å²) >= 11 is 0. The average molecular weight is 462 g/mol. The largest absolute Gasteiger partial charge is 0.335 e. The Labute approximate surface area is 183 Å². The Bertz CT molecular complexity index is 1270. The monoisotopic (exact) mass is 462 g/mol. The van der Waals surface area contributed by atoms with Crippen LogP contribution in [0.3, 0.4) is 0 Å². The molecule has 6 nitrogen and oxygen atoms in total. The summed E-state index contributed by atoms with van der Waals surface area (Å²) in [6.45, 7) is -2.35. The fraction of sp³-hybridized carbons (Fsp3) is 0.364. The molecule has 3 aromatic rings. The Kier molecular flexibility index (Phi) is 6.22. The first-order valence-electron chi connectivity index (χ1n) is 10.2. The van der Waals surface area contributed by atoms with Crippen LogP contribution < -0.4 is 4.72 Å². The van der Waals surface area contributed by atoms with Gasteiger partial charge in [-0.1, -0.05) is 12.8 Å². The molecule has 0 amide bonds. The zero-order valence-electron chi connectivity index (χ0n) is 17.1. The van der Waals surface area contributed by atoms with Gasteiger partial charge >= 0.3 is 0 Å². The zero-order valence-corrected chi connectivity index (χ0v) is 17.9. The molecule has 0 unspecified atom stereocenters. The molecule has 0 spiro atoms. The van der Waals surface area contributed by atoms with Gasteiger partial charge in [-0.3, -0.25) is 4.98 Å². The second kappa shape index (κ2) is 8.92. The minimum Gasteiger partial charge on any atom is -0.335 e. The summed E-state index contributed by atoms with van der Waals surface area (Å²) in [6.07, 6.45) is 4.87. The van der Waals surface area contributed by atoms with Gasteiger partial charge in [-0.05, 0) is 43.2 Å². The van der Waals surface area contributed by atoms with Crippen molar-refractivity contribution in [2.45, 2.75) is 42.7 Å². The Balaban J connectivity index is 1.83. The number of benzene rings is 1. The Morgan fingerprint density at radius 1 is 1.19 bits per heavy atom. The lowest BCUT2D eigenvalue weighted by Crippen LogP contribution is -2.37. The molecule has 0 atom stereocenters. The highest BCUT2D eigenvalue weighted by Gasteiger charge is 2.28. The third kappa shape index (κ3) is 3.98. The lowest BCUT2D eigenvalue weighted by atomic mass is 10.1. The van der Waals surface area contributed by atoms with E-state index in [-0.39, 0.29) is 10.9 Å². The van der Waals surface area contributed by atoms with E-state index in [0.29, 0.717) is 27.9 Å². The molecule has 1 saturated carbocycles. The molecule has 168 valence electrons. The molecular weight excluding hydrogens is 441 g/mol. The van der Waals surface area contributed by atoms with Crippen molar-refractivity contribution in [2.75, 3.05) is 13.3 Å². The van der Waals surface area contributed by atoms with E-state index in [0.717, 1.165) is 31.9 Å². The summed E-state index contributed by atoms with van der Waals surface area (Å²) in [5.41, 5.74) is 1.79. The van der Waals surface area contributed by atoms with Crippen LogP contribution in [0.5, 0.6) is 0 Å².